The first-order valence-electron chi connectivity index (χ1n) is 9.92. The third-order valence-corrected chi connectivity index (χ3v) is 3.86. The summed E-state index contributed by atoms with van der Waals surface area (Å²) >= 11 is 0. The van der Waals surface area contributed by atoms with Crippen LogP contribution >= 0.6 is 0 Å². The zero-order chi connectivity index (χ0) is 23.9. The molecule has 2 aromatic carbocycles. The minimum Gasteiger partial charge on any atom is -0.508 e. The smallest absolute Gasteiger partial charge is 0.302 e. The second-order valence-electron chi connectivity index (χ2n) is 6.96. The first kappa shape index (κ1) is 26.9. The Hall–Kier alpha value is -3.14. The largest absolute Gasteiger partial charge is 0.508 e. The van der Waals surface area contributed by atoms with Crippen molar-refractivity contribution in [3.8, 4) is 11.5 Å². The number of carbonyl (C=O) groups is 2. The molecule has 176 valence electrons. The third kappa shape index (κ3) is 13.2. The van der Waals surface area contributed by atoms with E-state index in [4.69, 9.17) is 14.9 Å². The van der Waals surface area contributed by atoms with Crippen LogP contribution < -0.4 is 0 Å². The molecule has 0 aliphatic heterocycles. The molecule has 2 rings (SSSR count). The number of hydrogen-bond donors (Lipinski definition) is 4. The fourth-order valence-electron chi connectivity index (χ4n) is 2.33. The van der Waals surface area contributed by atoms with Crippen molar-refractivity contribution in [2.45, 2.75) is 32.5 Å². The van der Waals surface area contributed by atoms with Crippen LogP contribution in [0.1, 0.15) is 25.0 Å². The van der Waals surface area contributed by atoms with Crippen molar-refractivity contribution in [2.75, 3.05) is 26.4 Å². The molecule has 0 aliphatic carbocycles. The third-order valence-electron chi connectivity index (χ3n) is 3.86. The van der Waals surface area contributed by atoms with Crippen LogP contribution in [0.5, 0.6) is 11.5 Å². The zero-order valence-corrected chi connectivity index (χ0v) is 18.1. The van der Waals surface area contributed by atoms with Crippen LogP contribution in [0.3, 0.4) is 0 Å². The molecule has 0 aromatic heterocycles. The average molecular weight is 450 g/mol. The van der Waals surface area contributed by atoms with Gasteiger partial charge in [0.25, 0.3) is 0 Å². The van der Waals surface area contributed by atoms with E-state index in [0.29, 0.717) is 0 Å². The van der Waals surface area contributed by atoms with Gasteiger partial charge in [0.15, 0.2) is 0 Å². The predicted octanol–water partition coefficient (Wildman–Crippen LogP) is 1.54. The number of hydrogen-bond acceptors (Lipinski definition) is 9. The van der Waals surface area contributed by atoms with Crippen LogP contribution in [0.4, 0.5) is 0 Å². The highest BCUT2D eigenvalue weighted by atomic mass is 16.6. The fraction of sp³-hybridized carbons (Fsp3) is 0.391. The molecule has 32 heavy (non-hydrogen) atoms. The van der Waals surface area contributed by atoms with Crippen LogP contribution in [-0.4, -0.2) is 71.0 Å². The molecule has 9 heteroatoms. The summed E-state index contributed by atoms with van der Waals surface area (Å²) in [5, 5.41) is 36.8. The zero-order valence-electron chi connectivity index (χ0n) is 18.1. The minimum absolute atomic E-state index is 0.0790. The maximum atomic E-state index is 10.4. The molecule has 0 saturated heterocycles. The van der Waals surface area contributed by atoms with E-state index in [1.54, 1.807) is 24.3 Å². The summed E-state index contributed by atoms with van der Waals surface area (Å²) in [6.45, 7) is 1.99. The lowest BCUT2D eigenvalue weighted by atomic mass is 10.1. The van der Waals surface area contributed by atoms with Crippen molar-refractivity contribution in [1.29, 1.82) is 0 Å². The lowest BCUT2D eigenvalue weighted by molar-refractivity contribution is -0.146. The van der Waals surface area contributed by atoms with Gasteiger partial charge in [0.2, 0.25) is 0 Å². The second kappa shape index (κ2) is 14.8. The monoisotopic (exact) mass is 450 g/mol. The van der Waals surface area contributed by atoms with Gasteiger partial charge in [-0.15, -0.1) is 0 Å². The standard InChI is InChI=1S/C13H12O2.C10H18O7/c14-12-5-1-10(2-6-12)9-11-3-7-13(15)8-4-11;1-7(11)16-5-9(13)3-15-4-10(14)6-17-8(2)12/h1-8,14-15H,9H2;9-10,13-14H,3-6H2,1-2H3. The molecule has 2 atom stereocenters. The van der Waals surface area contributed by atoms with E-state index in [0.717, 1.165) is 17.5 Å². The Kier molecular flexibility index (Phi) is 12.4. The van der Waals surface area contributed by atoms with Gasteiger partial charge in [-0.3, -0.25) is 9.59 Å². The molecular weight excluding hydrogens is 420 g/mol. The molecule has 0 radical (unpaired) electrons. The molecule has 0 fully saturated rings. The maximum absolute atomic E-state index is 10.4. The first-order chi connectivity index (χ1) is 15.2. The Morgan fingerprint density at radius 2 is 1.03 bits per heavy atom. The Morgan fingerprint density at radius 3 is 1.34 bits per heavy atom. The summed E-state index contributed by atoms with van der Waals surface area (Å²) in [4.78, 5) is 20.8. The van der Waals surface area contributed by atoms with E-state index in [2.05, 4.69) is 9.47 Å². The highest BCUT2D eigenvalue weighted by Gasteiger charge is 2.10. The number of esters is 2. The van der Waals surface area contributed by atoms with Crippen LogP contribution in [-0.2, 0) is 30.2 Å². The molecule has 0 saturated carbocycles. The number of aliphatic hydroxyl groups is 2. The van der Waals surface area contributed by atoms with E-state index in [1.165, 1.54) is 13.8 Å². The van der Waals surface area contributed by atoms with Crippen LogP contribution in [0, 0.1) is 0 Å². The molecule has 0 bridgehead atoms. The lowest BCUT2D eigenvalue weighted by Crippen LogP contribution is -2.28. The summed E-state index contributed by atoms with van der Waals surface area (Å²) in [7, 11) is 0. The molecule has 4 N–H and O–H groups in total. The Morgan fingerprint density at radius 1 is 0.688 bits per heavy atom. The number of aliphatic hydroxyl groups excluding tert-OH is 2. The minimum atomic E-state index is -0.945. The van der Waals surface area contributed by atoms with Crippen molar-refractivity contribution < 1.29 is 44.2 Å². The van der Waals surface area contributed by atoms with Crippen molar-refractivity contribution in [2.24, 2.45) is 0 Å². The number of phenolic OH excluding ortho intramolecular Hbond substituents is 2. The summed E-state index contributed by atoms with van der Waals surface area (Å²) in [6.07, 6.45) is -1.08. The van der Waals surface area contributed by atoms with Gasteiger partial charge >= 0.3 is 11.9 Å². The first-order valence-corrected chi connectivity index (χ1v) is 9.92. The number of aromatic hydroxyl groups is 2. The molecule has 2 unspecified atom stereocenters. The maximum Gasteiger partial charge on any atom is 0.302 e. The van der Waals surface area contributed by atoms with Crippen molar-refractivity contribution in [3.05, 3.63) is 59.7 Å². The van der Waals surface area contributed by atoms with E-state index in [1.807, 2.05) is 24.3 Å². The fourth-order valence-corrected chi connectivity index (χ4v) is 2.33. The van der Waals surface area contributed by atoms with Crippen molar-refractivity contribution in [1.82, 2.24) is 0 Å². The number of ether oxygens (including phenoxy) is 3. The summed E-state index contributed by atoms with van der Waals surface area (Å²) < 4.78 is 14.0. The number of carbonyl (C=O) groups excluding carboxylic acids is 2. The Balaban J connectivity index is 0.000000321. The van der Waals surface area contributed by atoms with Gasteiger partial charge in [0.05, 0.1) is 13.2 Å². The van der Waals surface area contributed by atoms with Crippen LogP contribution in [0.25, 0.3) is 0 Å². The molecule has 9 nitrogen and oxygen atoms in total. The SMILES string of the molecule is CC(=O)OCC(O)COCC(O)COC(C)=O.Oc1ccc(Cc2ccc(O)cc2)cc1. The normalized spacial score (nSPS) is 12.1. The molecule has 0 spiro atoms. The van der Waals surface area contributed by atoms with Crippen molar-refractivity contribution >= 4 is 11.9 Å². The summed E-state index contributed by atoms with van der Waals surface area (Å²) in [5.41, 5.74) is 2.27. The second-order valence-corrected chi connectivity index (χ2v) is 6.96. The number of phenols is 2. The Bertz CT molecular complexity index is 736. The van der Waals surface area contributed by atoms with E-state index in [9.17, 15) is 19.8 Å². The molecule has 0 amide bonds. The molecular formula is C23H30O9. The van der Waals surface area contributed by atoms with Gasteiger partial charge in [-0.05, 0) is 41.8 Å². The highest BCUT2D eigenvalue weighted by molar-refractivity contribution is 5.66. The van der Waals surface area contributed by atoms with Gasteiger partial charge in [0.1, 0.15) is 36.9 Å². The van der Waals surface area contributed by atoms with Crippen LogP contribution in [0.15, 0.2) is 48.5 Å². The van der Waals surface area contributed by atoms with E-state index >= 15 is 0 Å². The predicted molar refractivity (Wildman–Crippen MR) is 115 cm³/mol. The van der Waals surface area contributed by atoms with E-state index < -0.39 is 24.1 Å². The summed E-state index contributed by atoms with van der Waals surface area (Å²) in [6, 6.07) is 14.3. The van der Waals surface area contributed by atoms with Gasteiger partial charge < -0.3 is 34.6 Å². The average Bonchev–Trinajstić information content (AvgIpc) is 2.74. The Labute approximate surface area is 186 Å². The quantitative estimate of drug-likeness (QED) is 0.396. The lowest BCUT2D eigenvalue weighted by Gasteiger charge is -2.14. The topological polar surface area (TPSA) is 143 Å². The van der Waals surface area contributed by atoms with Gasteiger partial charge in [-0.25, -0.2) is 0 Å². The summed E-state index contributed by atoms with van der Waals surface area (Å²) in [5.74, 6) is -0.410. The van der Waals surface area contributed by atoms with Crippen molar-refractivity contribution in [3.63, 3.8) is 0 Å². The molecule has 0 aliphatic rings. The van der Waals surface area contributed by atoms with E-state index in [-0.39, 0.29) is 37.9 Å². The number of rotatable bonds is 10. The highest BCUT2D eigenvalue weighted by Crippen LogP contribution is 2.16. The molecule has 2 aromatic rings. The van der Waals surface area contributed by atoms with Gasteiger partial charge in [-0.1, -0.05) is 24.3 Å². The van der Waals surface area contributed by atoms with Crippen LogP contribution in [0.2, 0.25) is 0 Å². The van der Waals surface area contributed by atoms with Gasteiger partial charge in [0, 0.05) is 13.8 Å². The molecule has 0 heterocycles. The number of benzene rings is 2. The van der Waals surface area contributed by atoms with Gasteiger partial charge in [-0.2, -0.15) is 0 Å².